The van der Waals surface area contributed by atoms with Crippen LogP contribution < -0.4 is 5.32 Å². The van der Waals surface area contributed by atoms with Crippen molar-refractivity contribution in [1.29, 1.82) is 0 Å². The zero-order valence-corrected chi connectivity index (χ0v) is 13.5. The SMILES string of the molecule is CN=C(NCC(O)c1ccccc1F)N1CCC2(CCOC2)C1. The maximum absolute atomic E-state index is 13.7. The van der Waals surface area contributed by atoms with Crippen LogP contribution in [0.1, 0.15) is 24.5 Å². The fourth-order valence-corrected chi connectivity index (χ4v) is 3.46. The molecule has 126 valence electrons. The topological polar surface area (TPSA) is 57.1 Å². The standard InChI is InChI=1S/C17H24FN3O2/c1-19-16(21-8-6-17(11-21)7-9-23-12-17)20-10-15(22)13-4-2-3-5-14(13)18/h2-5,15,22H,6-12H2,1H3,(H,19,20). The van der Waals surface area contributed by atoms with Gasteiger partial charge in [-0.2, -0.15) is 0 Å². The molecule has 2 saturated heterocycles. The largest absolute Gasteiger partial charge is 0.386 e. The first-order valence-electron chi connectivity index (χ1n) is 8.09. The van der Waals surface area contributed by atoms with Gasteiger partial charge < -0.3 is 20.1 Å². The minimum absolute atomic E-state index is 0.230. The number of ether oxygens (including phenoxy) is 1. The van der Waals surface area contributed by atoms with Crippen LogP contribution in [-0.2, 0) is 4.74 Å². The van der Waals surface area contributed by atoms with Crippen molar-refractivity contribution in [1.82, 2.24) is 10.2 Å². The number of likely N-dealkylation sites (tertiary alicyclic amines) is 1. The second-order valence-corrected chi connectivity index (χ2v) is 6.44. The summed E-state index contributed by atoms with van der Waals surface area (Å²) in [6.07, 6.45) is 1.29. The van der Waals surface area contributed by atoms with Crippen LogP contribution in [0, 0.1) is 11.2 Å². The minimum atomic E-state index is -0.903. The van der Waals surface area contributed by atoms with Gasteiger partial charge in [-0.15, -0.1) is 0 Å². The summed E-state index contributed by atoms with van der Waals surface area (Å²) < 4.78 is 19.2. The smallest absolute Gasteiger partial charge is 0.193 e. The summed E-state index contributed by atoms with van der Waals surface area (Å²) in [6.45, 7) is 3.74. The number of aliphatic hydroxyl groups excluding tert-OH is 1. The Morgan fingerprint density at radius 2 is 2.30 bits per heavy atom. The fraction of sp³-hybridized carbons (Fsp3) is 0.588. The van der Waals surface area contributed by atoms with E-state index >= 15 is 0 Å². The first-order chi connectivity index (χ1) is 11.1. The second kappa shape index (κ2) is 6.84. The molecule has 0 aromatic heterocycles. The van der Waals surface area contributed by atoms with E-state index in [9.17, 15) is 9.50 Å². The van der Waals surface area contributed by atoms with E-state index in [2.05, 4.69) is 15.2 Å². The number of hydrogen-bond donors (Lipinski definition) is 2. The van der Waals surface area contributed by atoms with Crippen molar-refractivity contribution >= 4 is 5.96 Å². The molecule has 0 saturated carbocycles. The van der Waals surface area contributed by atoms with E-state index in [-0.39, 0.29) is 17.8 Å². The number of nitrogens with zero attached hydrogens (tertiary/aromatic N) is 2. The Balaban J connectivity index is 1.57. The summed E-state index contributed by atoms with van der Waals surface area (Å²) in [6, 6.07) is 6.30. The number of aliphatic imine (C=N–C) groups is 1. The lowest BCUT2D eigenvalue weighted by atomic mass is 9.87. The van der Waals surface area contributed by atoms with Crippen molar-refractivity contribution in [2.24, 2.45) is 10.4 Å². The van der Waals surface area contributed by atoms with Crippen molar-refractivity contribution in [2.75, 3.05) is 39.9 Å². The predicted octanol–water partition coefficient (Wildman–Crippen LogP) is 1.55. The van der Waals surface area contributed by atoms with Gasteiger partial charge in [0.2, 0.25) is 0 Å². The number of halogens is 1. The highest BCUT2D eigenvalue weighted by Gasteiger charge is 2.42. The first-order valence-corrected chi connectivity index (χ1v) is 8.09. The summed E-state index contributed by atoms with van der Waals surface area (Å²) in [5.41, 5.74) is 0.555. The Morgan fingerprint density at radius 1 is 1.48 bits per heavy atom. The Bertz CT molecular complexity index is 573. The van der Waals surface area contributed by atoms with Gasteiger partial charge in [0.15, 0.2) is 5.96 Å². The van der Waals surface area contributed by atoms with Crippen LogP contribution in [0.3, 0.4) is 0 Å². The van der Waals surface area contributed by atoms with Gasteiger partial charge in [-0.1, -0.05) is 18.2 Å². The summed E-state index contributed by atoms with van der Waals surface area (Å²) in [7, 11) is 1.73. The molecular weight excluding hydrogens is 297 g/mol. The lowest BCUT2D eigenvalue weighted by Gasteiger charge is -2.25. The van der Waals surface area contributed by atoms with E-state index < -0.39 is 6.10 Å². The number of hydrogen-bond acceptors (Lipinski definition) is 3. The molecule has 2 N–H and O–H groups in total. The van der Waals surface area contributed by atoms with Crippen molar-refractivity contribution in [2.45, 2.75) is 18.9 Å². The Labute approximate surface area is 136 Å². The van der Waals surface area contributed by atoms with Gasteiger partial charge in [-0.25, -0.2) is 4.39 Å². The van der Waals surface area contributed by atoms with Crippen LogP contribution in [-0.4, -0.2) is 55.9 Å². The van der Waals surface area contributed by atoms with Gasteiger partial charge in [-0.05, 0) is 18.9 Å². The number of nitrogens with one attached hydrogen (secondary N) is 1. The molecule has 1 aromatic rings. The third kappa shape index (κ3) is 3.48. The molecular formula is C17H24FN3O2. The maximum atomic E-state index is 13.7. The normalized spacial score (nSPS) is 26.0. The van der Waals surface area contributed by atoms with E-state index in [0.29, 0.717) is 5.56 Å². The molecule has 5 nitrogen and oxygen atoms in total. The average Bonchev–Trinajstić information content (AvgIpc) is 3.19. The molecule has 0 bridgehead atoms. The molecule has 0 radical (unpaired) electrons. The van der Waals surface area contributed by atoms with Gasteiger partial charge in [-0.3, -0.25) is 4.99 Å². The van der Waals surface area contributed by atoms with Gasteiger partial charge >= 0.3 is 0 Å². The van der Waals surface area contributed by atoms with Crippen LogP contribution in [0.5, 0.6) is 0 Å². The van der Waals surface area contributed by atoms with Crippen molar-refractivity contribution < 1.29 is 14.2 Å². The van der Waals surface area contributed by atoms with Crippen molar-refractivity contribution in [3.63, 3.8) is 0 Å². The lowest BCUT2D eigenvalue weighted by Crippen LogP contribution is -2.42. The zero-order valence-electron chi connectivity index (χ0n) is 13.5. The van der Waals surface area contributed by atoms with E-state index in [4.69, 9.17) is 4.74 Å². The summed E-state index contributed by atoms with van der Waals surface area (Å²) >= 11 is 0. The lowest BCUT2D eigenvalue weighted by molar-refractivity contribution is 0.156. The quantitative estimate of drug-likeness (QED) is 0.655. The van der Waals surface area contributed by atoms with Crippen LogP contribution in [0.2, 0.25) is 0 Å². The molecule has 6 heteroatoms. The molecule has 2 unspecified atom stereocenters. The first kappa shape index (κ1) is 16.2. The highest BCUT2D eigenvalue weighted by atomic mass is 19.1. The highest BCUT2D eigenvalue weighted by molar-refractivity contribution is 5.80. The zero-order chi connectivity index (χ0) is 16.3. The van der Waals surface area contributed by atoms with Gasteiger partial charge in [0.05, 0.1) is 12.7 Å². The molecule has 23 heavy (non-hydrogen) atoms. The van der Waals surface area contributed by atoms with E-state index in [1.807, 2.05) is 0 Å². The molecule has 2 aliphatic rings. The monoisotopic (exact) mass is 321 g/mol. The second-order valence-electron chi connectivity index (χ2n) is 6.44. The number of rotatable bonds is 3. The summed E-state index contributed by atoms with van der Waals surface area (Å²) in [4.78, 5) is 6.50. The van der Waals surface area contributed by atoms with Gasteiger partial charge in [0.1, 0.15) is 5.82 Å². The van der Waals surface area contributed by atoms with Crippen LogP contribution >= 0.6 is 0 Å². The number of aliphatic hydroxyl groups is 1. The van der Waals surface area contributed by atoms with Crippen molar-refractivity contribution in [3.8, 4) is 0 Å². The third-order valence-electron chi connectivity index (χ3n) is 4.85. The summed E-state index contributed by atoms with van der Waals surface area (Å²) in [5, 5.41) is 13.4. The predicted molar refractivity (Wildman–Crippen MR) is 86.8 cm³/mol. The Morgan fingerprint density at radius 3 is 3.00 bits per heavy atom. The molecule has 2 aliphatic heterocycles. The highest BCUT2D eigenvalue weighted by Crippen LogP contribution is 2.38. The molecule has 2 atom stereocenters. The van der Waals surface area contributed by atoms with Crippen LogP contribution in [0.15, 0.2) is 29.3 Å². The van der Waals surface area contributed by atoms with Crippen molar-refractivity contribution in [3.05, 3.63) is 35.6 Å². The fourth-order valence-electron chi connectivity index (χ4n) is 3.46. The van der Waals surface area contributed by atoms with E-state index in [1.54, 1.807) is 25.2 Å². The van der Waals surface area contributed by atoms with E-state index in [0.717, 1.165) is 45.1 Å². The van der Waals surface area contributed by atoms with Gasteiger partial charge in [0.25, 0.3) is 0 Å². The molecule has 1 aromatic carbocycles. The Kier molecular flexibility index (Phi) is 4.82. The van der Waals surface area contributed by atoms with Crippen LogP contribution in [0.25, 0.3) is 0 Å². The molecule has 1 spiro atoms. The molecule has 0 aliphatic carbocycles. The molecule has 2 fully saturated rings. The van der Waals surface area contributed by atoms with E-state index in [1.165, 1.54) is 6.07 Å². The Hall–Kier alpha value is -1.66. The van der Waals surface area contributed by atoms with Gasteiger partial charge in [0, 0.05) is 44.3 Å². The minimum Gasteiger partial charge on any atom is -0.386 e. The molecule has 3 rings (SSSR count). The van der Waals surface area contributed by atoms with Crippen LogP contribution in [0.4, 0.5) is 4.39 Å². The third-order valence-corrected chi connectivity index (χ3v) is 4.85. The molecule has 2 heterocycles. The average molecular weight is 321 g/mol. The maximum Gasteiger partial charge on any atom is 0.193 e. The number of guanidine groups is 1. The number of benzene rings is 1. The summed E-state index contributed by atoms with van der Waals surface area (Å²) in [5.74, 6) is 0.365. The molecule has 0 amide bonds.